The third-order valence-corrected chi connectivity index (χ3v) is 1.79. The minimum Gasteiger partial charge on any atom is -0.550 e. The van der Waals surface area contributed by atoms with Crippen LogP contribution in [0.3, 0.4) is 0 Å². The molecule has 0 rings (SSSR count). The Bertz CT molecular complexity index is 495. The molecule has 0 saturated carbocycles. The fraction of sp³-hybridized carbons (Fsp3) is 0.500. The molecule has 0 spiro atoms. The molecule has 0 aliphatic carbocycles. The van der Waals surface area contributed by atoms with Gasteiger partial charge in [-0.05, 0) is 19.8 Å². The molecule has 0 heterocycles. The van der Waals surface area contributed by atoms with Gasteiger partial charge in [-0.15, -0.1) is 0 Å². The molecular formula is C12H12Na6O13. The first-order valence-electron chi connectivity index (χ1n) is 6.04. The third kappa shape index (κ3) is 54.9. The first-order chi connectivity index (χ1) is 11.1. The Balaban J connectivity index is -0.0000000340. The molecule has 0 aromatic heterocycles. The Hall–Kier alpha value is 2.78. The van der Waals surface area contributed by atoms with Crippen molar-refractivity contribution in [3.05, 3.63) is 0 Å². The number of carboxylic acids is 6. The monoisotopic (exact) mass is 502 g/mol. The van der Waals surface area contributed by atoms with E-state index < -0.39 is 67.1 Å². The molecule has 31 heavy (non-hydrogen) atoms. The largest absolute Gasteiger partial charge is 1.00 e. The molecule has 0 bridgehead atoms. The SMILES string of the molecule is CC(=O)[O-].O=C([O-])CC(O)(CC(=O)[O-])C(=O)[O-].O=C([O-])CCC(=O)[O-].[Na+].[Na+].[Na+].[Na+].[Na+].[Na+]. The molecule has 0 aliphatic heterocycles. The van der Waals surface area contributed by atoms with Gasteiger partial charge in [-0.25, -0.2) is 0 Å². The maximum Gasteiger partial charge on any atom is 1.00 e. The third-order valence-electron chi connectivity index (χ3n) is 1.79. The quantitative estimate of drug-likeness (QED) is 0.303. The Kier molecular flexibility index (Phi) is 66.6. The van der Waals surface area contributed by atoms with Crippen LogP contribution in [0.2, 0.25) is 0 Å². The maximum absolute atomic E-state index is 10.1. The standard InChI is InChI=1S/C6H8O7.C4H6O4.C2H4O2.6Na/c7-3(8)1-6(13,5(11)12)2-4(9)10;5-3(6)1-2-4(7)8;1-2(3)4;;;;;;/h13H,1-2H2,(H,7,8)(H,9,10)(H,11,12);1-2H2,(H,5,6)(H,7,8);1H3,(H,3,4);;;;;;/q;;;6*+1/p-6. The predicted molar refractivity (Wildman–Crippen MR) is 59.1 cm³/mol. The van der Waals surface area contributed by atoms with Crippen LogP contribution in [0.5, 0.6) is 0 Å². The number of hydrogen-bond acceptors (Lipinski definition) is 13. The van der Waals surface area contributed by atoms with Crippen molar-refractivity contribution in [3.8, 4) is 0 Å². The molecule has 19 heteroatoms. The average molecular weight is 502 g/mol. The predicted octanol–water partition coefficient (Wildman–Crippen LogP) is -27.2. The van der Waals surface area contributed by atoms with E-state index in [9.17, 15) is 49.5 Å². The topological polar surface area (TPSA) is 261 Å². The van der Waals surface area contributed by atoms with Crippen LogP contribution in [0.15, 0.2) is 0 Å². The number of aliphatic carboxylic acids is 6. The second-order valence-corrected chi connectivity index (χ2v) is 4.15. The van der Waals surface area contributed by atoms with E-state index in [4.69, 9.17) is 15.0 Å². The van der Waals surface area contributed by atoms with Crippen molar-refractivity contribution in [3.63, 3.8) is 0 Å². The number of aliphatic hydroxyl groups is 1. The first-order valence-corrected chi connectivity index (χ1v) is 6.04. The zero-order valence-electron chi connectivity index (χ0n) is 18.7. The Labute approximate surface area is 310 Å². The molecule has 144 valence electrons. The molecule has 0 aliphatic rings. The summed E-state index contributed by atoms with van der Waals surface area (Å²) < 4.78 is 0. The van der Waals surface area contributed by atoms with Crippen molar-refractivity contribution >= 4 is 35.8 Å². The summed E-state index contributed by atoms with van der Waals surface area (Å²) in [4.78, 5) is 57.9. The van der Waals surface area contributed by atoms with Gasteiger partial charge < -0.3 is 64.5 Å². The molecule has 0 atom stereocenters. The number of hydrogen-bond donors (Lipinski definition) is 1. The first kappa shape index (κ1) is 59.1. The van der Waals surface area contributed by atoms with Gasteiger partial charge in [0.15, 0.2) is 0 Å². The smallest absolute Gasteiger partial charge is 0.550 e. The molecule has 0 amide bonds. The fourth-order valence-corrected chi connectivity index (χ4v) is 0.889. The van der Waals surface area contributed by atoms with Gasteiger partial charge in [0.2, 0.25) is 0 Å². The van der Waals surface area contributed by atoms with Gasteiger partial charge in [0.05, 0.1) is 5.97 Å². The van der Waals surface area contributed by atoms with Crippen LogP contribution >= 0.6 is 0 Å². The summed E-state index contributed by atoms with van der Waals surface area (Å²) in [7, 11) is 0. The molecule has 0 radical (unpaired) electrons. The van der Waals surface area contributed by atoms with Crippen molar-refractivity contribution in [2.45, 2.75) is 38.2 Å². The number of rotatable bonds is 8. The van der Waals surface area contributed by atoms with Crippen LogP contribution in [0.1, 0.15) is 32.6 Å². The molecule has 0 saturated heterocycles. The summed E-state index contributed by atoms with van der Waals surface area (Å²) in [6.07, 6.45) is -3.66. The van der Waals surface area contributed by atoms with Gasteiger partial charge in [0, 0.05) is 42.7 Å². The zero-order chi connectivity index (χ0) is 20.8. The molecule has 1 N–H and O–H groups in total. The van der Waals surface area contributed by atoms with Crippen LogP contribution in [0.25, 0.3) is 0 Å². The van der Waals surface area contributed by atoms with Crippen molar-refractivity contribution in [1.82, 2.24) is 0 Å². The average Bonchev–Trinajstić information content (AvgIpc) is 2.34. The van der Waals surface area contributed by atoms with E-state index in [-0.39, 0.29) is 177 Å². The van der Waals surface area contributed by atoms with E-state index in [0.29, 0.717) is 0 Å². The summed E-state index contributed by atoms with van der Waals surface area (Å²) in [5.41, 5.74) is -2.97. The Morgan fingerprint density at radius 1 is 0.581 bits per heavy atom. The second kappa shape index (κ2) is 34.9. The van der Waals surface area contributed by atoms with Gasteiger partial charge in [-0.1, -0.05) is 0 Å². The van der Waals surface area contributed by atoms with Gasteiger partial charge >= 0.3 is 177 Å². The number of carbonyl (C=O) groups excluding carboxylic acids is 6. The second-order valence-electron chi connectivity index (χ2n) is 4.15. The summed E-state index contributed by atoms with van der Waals surface area (Å²) in [5, 5.41) is 66.8. The number of carbonyl (C=O) groups is 6. The van der Waals surface area contributed by atoms with Gasteiger partial charge in [-0.2, -0.15) is 0 Å². The summed E-state index contributed by atoms with van der Waals surface area (Å²) in [6.45, 7) is 0.972. The van der Waals surface area contributed by atoms with Gasteiger partial charge in [0.25, 0.3) is 0 Å². The Morgan fingerprint density at radius 2 is 0.774 bits per heavy atom. The van der Waals surface area contributed by atoms with Crippen molar-refractivity contribution in [1.29, 1.82) is 0 Å². The van der Waals surface area contributed by atoms with Gasteiger partial charge in [-0.3, -0.25) is 0 Å². The molecular weight excluding hydrogens is 490 g/mol. The Morgan fingerprint density at radius 3 is 0.871 bits per heavy atom. The van der Waals surface area contributed by atoms with Crippen LogP contribution in [-0.2, 0) is 28.8 Å². The van der Waals surface area contributed by atoms with Gasteiger partial charge in [0.1, 0.15) is 5.60 Å². The van der Waals surface area contributed by atoms with Crippen molar-refractivity contribution < 1.29 is 242 Å². The summed E-state index contributed by atoms with van der Waals surface area (Å²) in [6, 6.07) is 0. The van der Waals surface area contributed by atoms with E-state index in [1.54, 1.807) is 0 Å². The number of carboxylic acid groups (broad SMARTS) is 6. The van der Waals surface area contributed by atoms with Crippen LogP contribution in [0, 0.1) is 0 Å². The van der Waals surface area contributed by atoms with E-state index in [1.165, 1.54) is 0 Å². The van der Waals surface area contributed by atoms with E-state index in [2.05, 4.69) is 0 Å². The van der Waals surface area contributed by atoms with Crippen LogP contribution in [-0.4, -0.2) is 46.5 Å². The van der Waals surface area contributed by atoms with Crippen LogP contribution in [0.4, 0.5) is 0 Å². The van der Waals surface area contributed by atoms with Crippen molar-refractivity contribution in [2.75, 3.05) is 0 Å². The van der Waals surface area contributed by atoms with E-state index >= 15 is 0 Å². The summed E-state index contributed by atoms with van der Waals surface area (Å²) in [5.74, 6) is -9.80. The van der Waals surface area contributed by atoms with Crippen molar-refractivity contribution in [2.24, 2.45) is 0 Å². The van der Waals surface area contributed by atoms with Crippen LogP contribution < -0.4 is 208 Å². The van der Waals surface area contributed by atoms with E-state index in [1.807, 2.05) is 0 Å². The molecule has 0 unspecified atom stereocenters. The van der Waals surface area contributed by atoms with E-state index in [0.717, 1.165) is 6.92 Å². The minimum atomic E-state index is -2.97. The minimum absolute atomic E-state index is 0. The summed E-state index contributed by atoms with van der Waals surface area (Å²) >= 11 is 0. The fourth-order valence-electron chi connectivity index (χ4n) is 0.889. The molecule has 0 fully saturated rings. The zero-order valence-corrected chi connectivity index (χ0v) is 30.7. The maximum atomic E-state index is 10.1. The molecule has 0 aromatic carbocycles. The normalized spacial score (nSPS) is 7.55. The molecule has 13 nitrogen and oxygen atoms in total. The molecule has 0 aromatic rings.